The van der Waals surface area contributed by atoms with Crippen molar-refractivity contribution in [2.75, 3.05) is 6.61 Å². The minimum Gasteiger partial charge on any atom is -0.461 e. The van der Waals surface area contributed by atoms with Crippen LogP contribution in [0.4, 0.5) is 17.6 Å². The highest BCUT2D eigenvalue weighted by atomic mass is 19.3. The number of carbonyl (C=O) groups is 1. The molecular formula is C13H9F4N5O3. The second kappa shape index (κ2) is 8.11. The van der Waals surface area contributed by atoms with E-state index in [1.54, 1.807) is 0 Å². The average Bonchev–Trinajstić information content (AvgIpc) is 3.08. The van der Waals surface area contributed by atoms with E-state index in [4.69, 9.17) is 9.95 Å². The predicted octanol–water partition coefficient (Wildman–Crippen LogP) is 3.83. The molecule has 0 radical (unpaired) electrons. The molecule has 1 aromatic carbocycles. The number of azide groups is 1. The van der Waals surface area contributed by atoms with Crippen LogP contribution in [0.2, 0.25) is 0 Å². The van der Waals surface area contributed by atoms with Gasteiger partial charge in [0, 0.05) is 10.5 Å². The molecule has 0 N–H and O–H groups in total. The van der Waals surface area contributed by atoms with Gasteiger partial charge in [-0.15, -0.1) is 10.2 Å². The molecule has 8 nitrogen and oxygen atoms in total. The molecule has 1 heterocycles. The summed E-state index contributed by atoms with van der Waals surface area (Å²) in [6, 6.07) is 4.61. The predicted molar refractivity (Wildman–Crippen MR) is 73.5 cm³/mol. The maximum atomic E-state index is 12.4. The van der Waals surface area contributed by atoms with E-state index in [0.29, 0.717) is 11.1 Å². The Labute approximate surface area is 137 Å². The Morgan fingerprint density at radius 2 is 1.92 bits per heavy atom. The van der Waals surface area contributed by atoms with Gasteiger partial charge in [0.1, 0.15) is 6.61 Å². The SMILES string of the molecule is [N-]=[N+]=NC(COC(=O)C(F)F)c1ccc(-c2nnc(C(F)F)o2)cc1. The van der Waals surface area contributed by atoms with Gasteiger partial charge in [-0.05, 0) is 23.2 Å². The maximum Gasteiger partial charge on any atom is 0.373 e. The maximum absolute atomic E-state index is 12.4. The summed E-state index contributed by atoms with van der Waals surface area (Å²) in [6.45, 7) is -0.581. The number of alkyl halides is 4. The van der Waals surface area contributed by atoms with Crippen LogP contribution in [0.1, 0.15) is 23.9 Å². The standard InChI is InChI=1S/C13H9F4N5O3/c14-9(15)12-21-20-11(25-12)7-3-1-6(2-4-7)8(19-22-18)5-24-13(23)10(16)17/h1-4,8-10H,5H2. The topological polar surface area (TPSA) is 114 Å². The van der Waals surface area contributed by atoms with Crippen LogP contribution in [0.3, 0.4) is 0 Å². The van der Waals surface area contributed by atoms with Crippen molar-refractivity contribution >= 4 is 5.97 Å². The molecule has 1 atom stereocenters. The lowest BCUT2D eigenvalue weighted by molar-refractivity contribution is -0.156. The first kappa shape index (κ1) is 18.2. The van der Waals surface area contributed by atoms with Crippen LogP contribution in [0.5, 0.6) is 0 Å². The molecule has 25 heavy (non-hydrogen) atoms. The molecule has 12 heteroatoms. The molecule has 0 fully saturated rings. The third-order valence-electron chi connectivity index (χ3n) is 2.92. The second-order valence-electron chi connectivity index (χ2n) is 4.52. The molecule has 0 aliphatic heterocycles. The van der Waals surface area contributed by atoms with Crippen LogP contribution in [0, 0.1) is 0 Å². The Kier molecular flexibility index (Phi) is 5.90. The Bertz CT molecular complexity index is 774. The number of halogens is 4. The zero-order chi connectivity index (χ0) is 18.4. The quantitative estimate of drug-likeness (QED) is 0.245. The van der Waals surface area contributed by atoms with Gasteiger partial charge in [0.2, 0.25) is 5.89 Å². The first-order valence-electron chi connectivity index (χ1n) is 6.63. The lowest BCUT2D eigenvalue weighted by atomic mass is 10.1. The fraction of sp³-hybridized carbons (Fsp3) is 0.308. The van der Waals surface area contributed by atoms with Gasteiger partial charge in [-0.2, -0.15) is 17.6 Å². The van der Waals surface area contributed by atoms with Crippen LogP contribution >= 0.6 is 0 Å². The first-order valence-corrected chi connectivity index (χ1v) is 6.63. The van der Waals surface area contributed by atoms with Gasteiger partial charge in [0.25, 0.3) is 5.89 Å². The highest BCUT2D eigenvalue weighted by Gasteiger charge is 2.20. The number of hydrogen-bond acceptors (Lipinski definition) is 6. The minimum absolute atomic E-state index is 0.147. The van der Waals surface area contributed by atoms with E-state index in [-0.39, 0.29) is 5.89 Å². The number of carbonyl (C=O) groups excluding carboxylic acids is 1. The van der Waals surface area contributed by atoms with Crippen LogP contribution in [0.15, 0.2) is 33.8 Å². The first-order chi connectivity index (χ1) is 11.9. The third kappa shape index (κ3) is 4.67. The van der Waals surface area contributed by atoms with Gasteiger partial charge < -0.3 is 9.15 Å². The zero-order valence-electron chi connectivity index (χ0n) is 12.2. The van der Waals surface area contributed by atoms with E-state index in [0.717, 1.165) is 0 Å². The van der Waals surface area contributed by atoms with E-state index in [2.05, 4.69) is 25.0 Å². The van der Waals surface area contributed by atoms with E-state index >= 15 is 0 Å². The van der Waals surface area contributed by atoms with Crippen molar-refractivity contribution in [1.82, 2.24) is 10.2 Å². The van der Waals surface area contributed by atoms with Gasteiger partial charge >= 0.3 is 18.8 Å². The summed E-state index contributed by atoms with van der Waals surface area (Å²) in [4.78, 5) is 13.3. The summed E-state index contributed by atoms with van der Waals surface area (Å²) in [5.41, 5.74) is 9.18. The van der Waals surface area contributed by atoms with Crippen molar-refractivity contribution in [2.45, 2.75) is 18.9 Å². The number of hydrogen-bond donors (Lipinski definition) is 0. The fourth-order valence-corrected chi connectivity index (χ4v) is 1.77. The van der Waals surface area contributed by atoms with E-state index in [9.17, 15) is 22.4 Å². The van der Waals surface area contributed by atoms with Crippen molar-refractivity contribution in [3.05, 3.63) is 46.2 Å². The molecule has 0 saturated heterocycles. The molecule has 0 amide bonds. The summed E-state index contributed by atoms with van der Waals surface area (Å²) in [6.07, 6.45) is -6.20. The molecule has 2 rings (SSSR count). The number of esters is 1. The molecule has 2 aromatic rings. The van der Waals surface area contributed by atoms with E-state index < -0.39 is 37.4 Å². The Hall–Kier alpha value is -3.14. The number of aromatic nitrogens is 2. The normalized spacial score (nSPS) is 12.1. The number of nitrogens with zero attached hydrogens (tertiary/aromatic N) is 5. The van der Waals surface area contributed by atoms with Crippen LogP contribution in [0.25, 0.3) is 21.9 Å². The van der Waals surface area contributed by atoms with Gasteiger partial charge in [-0.1, -0.05) is 17.2 Å². The summed E-state index contributed by atoms with van der Waals surface area (Å²) in [5, 5.41) is 10.0. The summed E-state index contributed by atoms with van der Waals surface area (Å²) >= 11 is 0. The molecule has 0 aliphatic rings. The molecule has 0 aliphatic carbocycles. The summed E-state index contributed by atoms with van der Waals surface area (Å²) in [7, 11) is 0. The Morgan fingerprint density at radius 1 is 1.24 bits per heavy atom. The molecule has 1 aromatic heterocycles. The highest BCUT2D eigenvalue weighted by molar-refractivity contribution is 5.72. The Balaban J connectivity index is 2.14. The number of rotatable bonds is 7. The molecule has 0 bridgehead atoms. The second-order valence-corrected chi connectivity index (χ2v) is 4.52. The van der Waals surface area contributed by atoms with Crippen LogP contribution in [-0.4, -0.2) is 29.2 Å². The van der Waals surface area contributed by atoms with Crippen LogP contribution in [-0.2, 0) is 9.53 Å². The van der Waals surface area contributed by atoms with E-state index in [1.165, 1.54) is 24.3 Å². The highest BCUT2D eigenvalue weighted by Crippen LogP contribution is 2.26. The van der Waals surface area contributed by atoms with Crippen molar-refractivity contribution in [3.8, 4) is 11.5 Å². The average molecular weight is 359 g/mol. The Morgan fingerprint density at radius 3 is 2.44 bits per heavy atom. The number of ether oxygens (including phenoxy) is 1. The van der Waals surface area contributed by atoms with E-state index in [1.807, 2.05) is 0 Å². The lowest BCUT2D eigenvalue weighted by Crippen LogP contribution is -2.17. The number of benzene rings is 1. The van der Waals surface area contributed by atoms with Crippen molar-refractivity contribution in [2.24, 2.45) is 5.11 Å². The minimum atomic E-state index is -3.30. The molecule has 132 valence electrons. The molecule has 0 saturated carbocycles. The summed E-state index contributed by atoms with van der Waals surface area (Å²) < 4.78 is 58.2. The largest absolute Gasteiger partial charge is 0.461 e. The van der Waals surface area contributed by atoms with Crippen LogP contribution < -0.4 is 0 Å². The van der Waals surface area contributed by atoms with Gasteiger partial charge in [0.15, 0.2) is 0 Å². The van der Waals surface area contributed by atoms with Gasteiger partial charge in [-0.25, -0.2) is 4.79 Å². The monoisotopic (exact) mass is 359 g/mol. The zero-order valence-corrected chi connectivity index (χ0v) is 12.2. The van der Waals surface area contributed by atoms with Crippen molar-refractivity contribution in [3.63, 3.8) is 0 Å². The molecule has 1 unspecified atom stereocenters. The van der Waals surface area contributed by atoms with Crippen molar-refractivity contribution < 1.29 is 31.5 Å². The fourth-order valence-electron chi connectivity index (χ4n) is 1.77. The molecule has 0 spiro atoms. The molecular weight excluding hydrogens is 350 g/mol. The third-order valence-corrected chi connectivity index (χ3v) is 2.92. The van der Waals surface area contributed by atoms with Gasteiger partial charge in [0.05, 0.1) is 6.04 Å². The van der Waals surface area contributed by atoms with Gasteiger partial charge in [-0.3, -0.25) is 0 Å². The van der Waals surface area contributed by atoms with Crippen molar-refractivity contribution in [1.29, 1.82) is 0 Å². The lowest BCUT2D eigenvalue weighted by Gasteiger charge is -2.12. The smallest absolute Gasteiger partial charge is 0.373 e. The summed E-state index contributed by atoms with van der Waals surface area (Å²) in [5.74, 6) is -2.71.